The van der Waals surface area contributed by atoms with Gasteiger partial charge in [-0.25, -0.2) is 0 Å². The van der Waals surface area contributed by atoms with E-state index in [1.807, 2.05) is 0 Å². The first-order valence-electron chi connectivity index (χ1n) is 4.36. The Morgan fingerprint density at radius 2 is 2.06 bits per heavy atom. The molecule has 88 valence electrons. The molecule has 1 rings (SSSR count). The lowest BCUT2D eigenvalue weighted by atomic mass is 10.2. The van der Waals surface area contributed by atoms with Crippen LogP contribution in [-0.2, 0) is 0 Å². The van der Waals surface area contributed by atoms with E-state index in [0.29, 0.717) is 22.1 Å². The van der Waals surface area contributed by atoms with E-state index >= 15 is 0 Å². The number of hydrogen-bond acceptors (Lipinski definition) is 2. The van der Waals surface area contributed by atoms with E-state index in [4.69, 9.17) is 4.74 Å². The summed E-state index contributed by atoms with van der Waals surface area (Å²) >= 11 is 3.11. The lowest BCUT2D eigenvalue weighted by molar-refractivity contribution is -0.139. The monoisotopic (exact) mass is 296 g/mol. The zero-order valence-electron chi connectivity index (χ0n) is 8.05. The molecule has 0 aromatic heterocycles. The SMILES string of the molecule is O=Cc1ccc(OCCC(F)(F)F)cc1Br. The van der Waals surface area contributed by atoms with Crippen LogP contribution in [0, 0.1) is 0 Å². The van der Waals surface area contributed by atoms with Crippen LogP contribution in [0.15, 0.2) is 22.7 Å². The molecule has 6 heteroatoms. The molecule has 0 saturated carbocycles. The van der Waals surface area contributed by atoms with Gasteiger partial charge in [0.25, 0.3) is 0 Å². The number of benzene rings is 1. The van der Waals surface area contributed by atoms with Crippen molar-refractivity contribution >= 4 is 22.2 Å². The molecule has 0 heterocycles. The van der Waals surface area contributed by atoms with E-state index in [0.717, 1.165) is 0 Å². The van der Waals surface area contributed by atoms with Crippen molar-refractivity contribution in [1.29, 1.82) is 0 Å². The number of rotatable bonds is 4. The summed E-state index contributed by atoms with van der Waals surface area (Å²) in [6.07, 6.45) is -4.58. The molecule has 16 heavy (non-hydrogen) atoms. The van der Waals surface area contributed by atoms with Crippen molar-refractivity contribution in [3.05, 3.63) is 28.2 Å². The number of ether oxygens (including phenoxy) is 1. The Morgan fingerprint density at radius 1 is 1.38 bits per heavy atom. The molecule has 0 spiro atoms. The largest absolute Gasteiger partial charge is 0.493 e. The van der Waals surface area contributed by atoms with Crippen LogP contribution in [0.3, 0.4) is 0 Å². The molecular weight excluding hydrogens is 289 g/mol. The van der Waals surface area contributed by atoms with Crippen LogP contribution in [0.25, 0.3) is 0 Å². The minimum Gasteiger partial charge on any atom is -0.493 e. The second kappa shape index (κ2) is 5.34. The van der Waals surface area contributed by atoms with Gasteiger partial charge in [0, 0.05) is 10.0 Å². The summed E-state index contributed by atoms with van der Waals surface area (Å²) in [5.74, 6) is 0.293. The third-order valence-corrected chi connectivity index (χ3v) is 2.44. The molecule has 0 bridgehead atoms. The maximum Gasteiger partial charge on any atom is 0.392 e. The smallest absolute Gasteiger partial charge is 0.392 e. The molecule has 0 radical (unpaired) electrons. The fourth-order valence-corrected chi connectivity index (χ4v) is 1.43. The zero-order valence-corrected chi connectivity index (χ0v) is 9.64. The Bertz CT molecular complexity index is 377. The van der Waals surface area contributed by atoms with E-state index in [1.54, 1.807) is 0 Å². The summed E-state index contributed by atoms with van der Waals surface area (Å²) in [5, 5.41) is 0. The summed E-state index contributed by atoms with van der Waals surface area (Å²) in [7, 11) is 0. The van der Waals surface area contributed by atoms with Crippen molar-refractivity contribution in [1.82, 2.24) is 0 Å². The van der Waals surface area contributed by atoms with Crippen molar-refractivity contribution in [3.8, 4) is 5.75 Å². The van der Waals surface area contributed by atoms with Gasteiger partial charge >= 0.3 is 6.18 Å². The van der Waals surface area contributed by atoms with Gasteiger partial charge in [-0.2, -0.15) is 13.2 Å². The first-order valence-corrected chi connectivity index (χ1v) is 5.16. The van der Waals surface area contributed by atoms with Crippen molar-refractivity contribution in [3.63, 3.8) is 0 Å². The van der Waals surface area contributed by atoms with Gasteiger partial charge < -0.3 is 4.74 Å². The van der Waals surface area contributed by atoms with Crippen LogP contribution in [0.1, 0.15) is 16.8 Å². The molecule has 0 atom stereocenters. The van der Waals surface area contributed by atoms with Crippen molar-refractivity contribution in [2.24, 2.45) is 0 Å². The normalized spacial score (nSPS) is 11.2. The molecule has 0 amide bonds. The Balaban J connectivity index is 2.55. The number of hydrogen-bond donors (Lipinski definition) is 0. The molecule has 0 aliphatic rings. The van der Waals surface area contributed by atoms with E-state index in [-0.39, 0.29) is 0 Å². The average molecular weight is 297 g/mol. The fourth-order valence-electron chi connectivity index (χ4n) is 0.978. The molecule has 2 nitrogen and oxygen atoms in total. The predicted octanol–water partition coefficient (Wildman–Crippen LogP) is 3.59. The van der Waals surface area contributed by atoms with Gasteiger partial charge in [-0.1, -0.05) is 0 Å². The van der Waals surface area contributed by atoms with Crippen LogP contribution >= 0.6 is 15.9 Å². The van der Waals surface area contributed by atoms with E-state index < -0.39 is 19.2 Å². The second-order valence-electron chi connectivity index (χ2n) is 3.01. The summed E-state index contributed by atoms with van der Waals surface area (Å²) in [6, 6.07) is 4.38. The molecule has 1 aromatic rings. The molecule has 0 aliphatic heterocycles. The van der Waals surface area contributed by atoms with Crippen molar-refractivity contribution < 1.29 is 22.7 Å². The lowest BCUT2D eigenvalue weighted by Gasteiger charge is -2.09. The van der Waals surface area contributed by atoms with Crippen LogP contribution in [0.4, 0.5) is 13.2 Å². The molecule has 0 aliphatic carbocycles. The number of carbonyl (C=O) groups excluding carboxylic acids is 1. The molecule has 0 saturated heterocycles. The Hall–Kier alpha value is -1.04. The first kappa shape index (κ1) is 13.0. The van der Waals surface area contributed by atoms with Crippen LogP contribution in [0.5, 0.6) is 5.75 Å². The topological polar surface area (TPSA) is 26.3 Å². The maximum atomic E-state index is 11.8. The number of carbonyl (C=O) groups is 1. The molecule has 0 unspecified atom stereocenters. The van der Waals surface area contributed by atoms with Gasteiger partial charge in [-0.05, 0) is 34.1 Å². The van der Waals surface area contributed by atoms with Crippen molar-refractivity contribution in [2.45, 2.75) is 12.6 Å². The van der Waals surface area contributed by atoms with Crippen LogP contribution < -0.4 is 4.74 Å². The third kappa shape index (κ3) is 4.22. The third-order valence-electron chi connectivity index (χ3n) is 1.75. The summed E-state index contributed by atoms with van der Waals surface area (Å²) in [5.41, 5.74) is 0.420. The molecule has 0 N–H and O–H groups in total. The minimum absolute atomic E-state index is 0.293. The highest BCUT2D eigenvalue weighted by molar-refractivity contribution is 9.10. The highest BCUT2D eigenvalue weighted by Crippen LogP contribution is 2.24. The van der Waals surface area contributed by atoms with E-state index in [9.17, 15) is 18.0 Å². The van der Waals surface area contributed by atoms with Gasteiger partial charge in [0.15, 0.2) is 6.29 Å². The standard InChI is InChI=1S/C10H8BrF3O2/c11-9-5-8(2-1-7(9)6-15)16-4-3-10(12,13)14/h1-2,5-6H,3-4H2. The van der Waals surface area contributed by atoms with Gasteiger partial charge in [-0.3, -0.25) is 4.79 Å². The fraction of sp³-hybridized carbons (Fsp3) is 0.300. The number of alkyl halides is 3. The molecule has 0 fully saturated rings. The van der Waals surface area contributed by atoms with E-state index in [2.05, 4.69) is 15.9 Å². The molecule has 1 aromatic carbocycles. The average Bonchev–Trinajstić information content (AvgIpc) is 2.16. The quantitative estimate of drug-likeness (QED) is 0.794. The Kier molecular flexibility index (Phi) is 4.35. The van der Waals surface area contributed by atoms with Crippen LogP contribution in [-0.4, -0.2) is 19.1 Å². The Morgan fingerprint density at radius 3 is 2.56 bits per heavy atom. The predicted molar refractivity (Wildman–Crippen MR) is 55.7 cm³/mol. The number of aldehydes is 1. The van der Waals surface area contributed by atoms with Gasteiger partial charge in [0.1, 0.15) is 5.75 Å². The first-order chi connectivity index (χ1) is 7.42. The molecular formula is C10H8BrF3O2. The highest BCUT2D eigenvalue weighted by atomic mass is 79.9. The highest BCUT2D eigenvalue weighted by Gasteiger charge is 2.26. The zero-order chi connectivity index (χ0) is 12.2. The summed E-state index contributed by atoms with van der Waals surface area (Å²) in [4.78, 5) is 10.5. The summed E-state index contributed by atoms with van der Waals surface area (Å²) in [6.45, 7) is -0.434. The van der Waals surface area contributed by atoms with E-state index in [1.165, 1.54) is 18.2 Å². The lowest BCUT2D eigenvalue weighted by Crippen LogP contribution is -2.13. The maximum absolute atomic E-state index is 11.8. The van der Waals surface area contributed by atoms with Crippen LogP contribution in [0.2, 0.25) is 0 Å². The van der Waals surface area contributed by atoms with Gasteiger partial charge in [0.2, 0.25) is 0 Å². The van der Waals surface area contributed by atoms with Gasteiger partial charge in [-0.15, -0.1) is 0 Å². The number of halogens is 4. The van der Waals surface area contributed by atoms with Crippen molar-refractivity contribution in [2.75, 3.05) is 6.61 Å². The Labute approximate surface area is 98.5 Å². The second-order valence-corrected chi connectivity index (χ2v) is 3.87. The van der Waals surface area contributed by atoms with Gasteiger partial charge in [0.05, 0.1) is 13.0 Å². The summed E-state index contributed by atoms with van der Waals surface area (Å²) < 4.78 is 40.9. The minimum atomic E-state index is -4.22.